The van der Waals surface area contributed by atoms with Crippen molar-refractivity contribution >= 4 is 5.91 Å². The molecule has 134 valence electrons. The first-order valence-electron chi connectivity index (χ1n) is 8.99. The molecule has 2 unspecified atom stereocenters. The first-order valence-corrected chi connectivity index (χ1v) is 8.99. The Morgan fingerprint density at radius 3 is 2.58 bits per heavy atom. The maximum atomic E-state index is 13.1. The average molecular weight is 334 g/mol. The average Bonchev–Trinajstić information content (AvgIpc) is 3.00. The Balaban J connectivity index is 1.63. The van der Waals surface area contributed by atoms with Gasteiger partial charge in [-0.25, -0.2) is 0 Å². The molecule has 2 aliphatic rings. The minimum Gasteiger partial charge on any atom is -0.378 e. The zero-order chi connectivity index (χ0) is 17.5. The summed E-state index contributed by atoms with van der Waals surface area (Å²) in [6, 6.07) is 2.08. The highest BCUT2D eigenvalue weighted by molar-refractivity contribution is 5.89. The minimum atomic E-state index is -0.799. The third-order valence-electron chi connectivity index (χ3n) is 6.27. The van der Waals surface area contributed by atoms with Crippen LogP contribution in [0.5, 0.6) is 0 Å². The van der Waals surface area contributed by atoms with Crippen LogP contribution in [0.4, 0.5) is 0 Å². The Morgan fingerprint density at radius 1 is 1.42 bits per heavy atom. The number of likely N-dealkylation sites (tertiary alicyclic amines) is 1. The number of nitrogens with two attached hydrogens (primary N) is 1. The molecule has 0 aromatic carbocycles. The molecule has 24 heavy (non-hydrogen) atoms. The highest BCUT2D eigenvalue weighted by atomic mass is 16.5. The molecule has 6 heteroatoms. The van der Waals surface area contributed by atoms with E-state index < -0.39 is 5.54 Å². The van der Waals surface area contributed by atoms with Gasteiger partial charge in [-0.3, -0.25) is 9.48 Å². The standard InChI is InChI=1S/C18H30N4O2/c1-5-24-15-12-18(19,17(15,2)3)16(23)22-10-7-13(8-11-22)14-6-9-20-21(14)4/h6,9,13,15H,5,7-8,10-12,19H2,1-4H3. The summed E-state index contributed by atoms with van der Waals surface area (Å²) in [5.74, 6) is 0.563. The molecule has 0 radical (unpaired) electrons. The first kappa shape index (κ1) is 17.4. The molecule has 1 saturated carbocycles. The van der Waals surface area contributed by atoms with Gasteiger partial charge < -0.3 is 15.4 Å². The Hall–Kier alpha value is -1.40. The van der Waals surface area contributed by atoms with E-state index in [0.29, 0.717) is 18.9 Å². The maximum absolute atomic E-state index is 13.1. The topological polar surface area (TPSA) is 73.4 Å². The second-order valence-corrected chi connectivity index (χ2v) is 7.79. The molecule has 1 aromatic heterocycles. The number of ether oxygens (including phenoxy) is 1. The Kier molecular flexibility index (Phi) is 4.47. The fraction of sp³-hybridized carbons (Fsp3) is 0.778. The van der Waals surface area contributed by atoms with Crippen molar-refractivity contribution in [3.8, 4) is 0 Å². The molecule has 2 atom stereocenters. The fourth-order valence-electron chi connectivity index (χ4n) is 4.24. The van der Waals surface area contributed by atoms with E-state index in [1.165, 1.54) is 5.69 Å². The fourth-order valence-corrected chi connectivity index (χ4v) is 4.24. The number of hydrogen-bond acceptors (Lipinski definition) is 4. The molecule has 2 heterocycles. The largest absolute Gasteiger partial charge is 0.378 e. The zero-order valence-electron chi connectivity index (χ0n) is 15.3. The lowest BCUT2D eigenvalue weighted by Crippen LogP contribution is -2.76. The molecular weight excluding hydrogens is 304 g/mol. The minimum absolute atomic E-state index is 0.0726. The molecule has 1 aliphatic heterocycles. The molecule has 1 amide bonds. The predicted octanol–water partition coefficient (Wildman–Crippen LogP) is 1.66. The van der Waals surface area contributed by atoms with Crippen LogP contribution < -0.4 is 5.73 Å². The van der Waals surface area contributed by atoms with E-state index >= 15 is 0 Å². The van der Waals surface area contributed by atoms with Crippen LogP contribution in [-0.2, 0) is 16.6 Å². The molecule has 1 aliphatic carbocycles. The summed E-state index contributed by atoms with van der Waals surface area (Å²) in [5, 5.41) is 4.25. The summed E-state index contributed by atoms with van der Waals surface area (Å²) in [7, 11) is 1.98. The van der Waals surface area contributed by atoms with Gasteiger partial charge >= 0.3 is 0 Å². The van der Waals surface area contributed by atoms with E-state index in [1.54, 1.807) is 0 Å². The zero-order valence-corrected chi connectivity index (χ0v) is 15.3. The molecule has 1 saturated heterocycles. The number of aryl methyl sites for hydroxylation is 1. The van der Waals surface area contributed by atoms with Crippen molar-refractivity contribution in [3.63, 3.8) is 0 Å². The van der Waals surface area contributed by atoms with Crippen LogP contribution in [0.2, 0.25) is 0 Å². The molecule has 3 rings (SSSR count). The Bertz CT molecular complexity index is 604. The van der Waals surface area contributed by atoms with Crippen molar-refractivity contribution in [2.45, 2.75) is 57.6 Å². The Morgan fingerprint density at radius 2 is 2.08 bits per heavy atom. The van der Waals surface area contributed by atoms with Crippen molar-refractivity contribution in [3.05, 3.63) is 18.0 Å². The second kappa shape index (κ2) is 6.15. The van der Waals surface area contributed by atoms with Gasteiger partial charge in [0, 0.05) is 56.4 Å². The first-order chi connectivity index (χ1) is 11.3. The van der Waals surface area contributed by atoms with Crippen molar-refractivity contribution in [2.75, 3.05) is 19.7 Å². The van der Waals surface area contributed by atoms with E-state index in [9.17, 15) is 4.79 Å². The van der Waals surface area contributed by atoms with Gasteiger partial charge in [-0.05, 0) is 25.8 Å². The monoisotopic (exact) mass is 334 g/mol. The SMILES string of the molecule is CCOC1CC(N)(C(=O)N2CCC(c3ccnn3C)CC2)C1(C)C. The van der Waals surface area contributed by atoms with Crippen molar-refractivity contribution in [1.29, 1.82) is 0 Å². The van der Waals surface area contributed by atoms with E-state index in [1.807, 2.05) is 29.7 Å². The van der Waals surface area contributed by atoms with Crippen LogP contribution in [0.25, 0.3) is 0 Å². The van der Waals surface area contributed by atoms with Gasteiger partial charge in [-0.1, -0.05) is 13.8 Å². The molecule has 1 aromatic rings. The van der Waals surface area contributed by atoms with E-state index in [4.69, 9.17) is 10.5 Å². The highest BCUT2D eigenvalue weighted by Crippen LogP contribution is 2.50. The van der Waals surface area contributed by atoms with Gasteiger partial charge in [0.05, 0.1) is 6.10 Å². The molecule has 0 bridgehead atoms. The van der Waals surface area contributed by atoms with Crippen molar-refractivity contribution in [1.82, 2.24) is 14.7 Å². The second-order valence-electron chi connectivity index (χ2n) is 7.79. The van der Waals surface area contributed by atoms with Crippen LogP contribution >= 0.6 is 0 Å². The highest BCUT2D eigenvalue weighted by Gasteiger charge is 2.63. The van der Waals surface area contributed by atoms with Gasteiger partial charge in [-0.15, -0.1) is 0 Å². The van der Waals surface area contributed by atoms with E-state index in [2.05, 4.69) is 25.0 Å². The Labute approximate surface area is 144 Å². The van der Waals surface area contributed by atoms with Crippen LogP contribution in [0.15, 0.2) is 12.3 Å². The van der Waals surface area contributed by atoms with Gasteiger partial charge in [-0.2, -0.15) is 5.10 Å². The number of carbonyl (C=O) groups is 1. The number of hydrogen-bond donors (Lipinski definition) is 1. The third-order valence-corrected chi connectivity index (χ3v) is 6.27. The predicted molar refractivity (Wildman–Crippen MR) is 92.5 cm³/mol. The maximum Gasteiger partial charge on any atom is 0.243 e. The molecule has 0 spiro atoms. The summed E-state index contributed by atoms with van der Waals surface area (Å²) >= 11 is 0. The van der Waals surface area contributed by atoms with Crippen molar-refractivity contribution < 1.29 is 9.53 Å². The number of aromatic nitrogens is 2. The van der Waals surface area contributed by atoms with E-state index in [-0.39, 0.29) is 17.4 Å². The molecule has 6 nitrogen and oxygen atoms in total. The van der Waals surface area contributed by atoms with Crippen LogP contribution in [0.1, 0.15) is 51.6 Å². The van der Waals surface area contributed by atoms with Gasteiger partial charge in [0.15, 0.2) is 0 Å². The quantitative estimate of drug-likeness (QED) is 0.909. The summed E-state index contributed by atoms with van der Waals surface area (Å²) in [4.78, 5) is 15.0. The van der Waals surface area contributed by atoms with Gasteiger partial charge in [0.25, 0.3) is 0 Å². The summed E-state index contributed by atoms with van der Waals surface area (Å²) in [6.07, 6.45) is 4.47. The number of piperidine rings is 1. The lowest BCUT2D eigenvalue weighted by atomic mass is 9.54. The summed E-state index contributed by atoms with van der Waals surface area (Å²) in [5.41, 5.74) is 6.68. The number of nitrogens with zero attached hydrogens (tertiary/aromatic N) is 3. The van der Waals surface area contributed by atoms with E-state index in [0.717, 1.165) is 25.9 Å². The van der Waals surface area contributed by atoms with Crippen LogP contribution in [-0.4, -0.2) is 51.9 Å². The third kappa shape index (κ3) is 2.56. The summed E-state index contributed by atoms with van der Waals surface area (Å²) in [6.45, 7) is 8.28. The smallest absolute Gasteiger partial charge is 0.243 e. The van der Waals surface area contributed by atoms with Gasteiger partial charge in [0.2, 0.25) is 5.91 Å². The summed E-state index contributed by atoms with van der Waals surface area (Å²) < 4.78 is 7.68. The molecule has 2 fully saturated rings. The van der Waals surface area contributed by atoms with Gasteiger partial charge in [0.1, 0.15) is 5.54 Å². The molecule has 2 N–H and O–H groups in total. The number of carbonyl (C=O) groups excluding carboxylic acids is 1. The number of amides is 1. The molecular formula is C18H30N4O2. The number of rotatable bonds is 4. The lowest BCUT2D eigenvalue weighted by molar-refractivity contribution is -0.180. The normalized spacial score (nSPS) is 30.2. The van der Waals surface area contributed by atoms with Crippen molar-refractivity contribution in [2.24, 2.45) is 18.2 Å². The van der Waals surface area contributed by atoms with Crippen LogP contribution in [0.3, 0.4) is 0 Å². The van der Waals surface area contributed by atoms with Crippen LogP contribution in [0, 0.1) is 5.41 Å². The lowest BCUT2D eigenvalue weighted by Gasteiger charge is -2.59.